The van der Waals surface area contributed by atoms with Crippen LogP contribution in [0.4, 0.5) is 13.2 Å². The molecule has 144 valence electrons. The van der Waals surface area contributed by atoms with Crippen LogP contribution in [-0.2, 0) is 11.0 Å². The Balaban J connectivity index is 2.41. The summed E-state index contributed by atoms with van der Waals surface area (Å²) in [7, 11) is -1.39. The topological polar surface area (TPSA) is 42.0 Å². The lowest BCUT2D eigenvalue weighted by Gasteiger charge is -2.31. The molecular formula is C19H25F3N2OS. The molecule has 1 N–H and O–H groups in total. The van der Waals surface area contributed by atoms with Crippen molar-refractivity contribution in [2.24, 2.45) is 5.92 Å². The second-order valence-electron chi connectivity index (χ2n) is 7.52. The highest BCUT2D eigenvalue weighted by atomic mass is 32.2. The number of rotatable bonds is 4. The van der Waals surface area contributed by atoms with Gasteiger partial charge in [0.2, 0.25) is 0 Å². The Hall–Kier alpha value is -1.47. The molecule has 1 aliphatic rings. The van der Waals surface area contributed by atoms with Crippen molar-refractivity contribution < 1.29 is 17.4 Å². The highest BCUT2D eigenvalue weighted by molar-refractivity contribution is 7.84. The fourth-order valence-electron chi connectivity index (χ4n) is 2.84. The van der Waals surface area contributed by atoms with E-state index in [9.17, 15) is 17.4 Å². The Morgan fingerprint density at radius 1 is 1.31 bits per heavy atom. The van der Waals surface area contributed by atoms with Crippen molar-refractivity contribution in [3.05, 3.63) is 52.9 Å². The van der Waals surface area contributed by atoms with E-state index in [-0.39, 0.29) is 6.42 Å². The Kier molecular flexibility index (Phi) is 6.13. The molecule has 7 heteroatoms. The number of allylic oxidation sites excluding steroid dienone is 3. The third-order valence-electron chi connectivity index (χ3n) is 4.34. The van der Waals surface area contributed by atoms with E-state index in [1.807, 2.05) is 33.8 Å². The minimum absolute atomic E-state index is 0.185. The molecule has 0 aromatic carbocycles. The lowest BCUT2D eigenvalue weighted by Crippen LogP contribution is -2.38. The van der Waals surface area contributed by atoms with Crippen molar-refractivity contribution in [1.29, 1.82) is 0 Å². The second-order valence-corrected chi connectivity index (χ2v) is 9.52. The number of nitrogens with zero attached hydrogens (tertiary/aromatic N) is 1. The van der Waals surface area contributed by atoms with Crippen molar-refractivity contribution >= 4 is 11.0 Å². The van der Waals surface area contributed by atoms with Crippen LogP contribution in [0.5, 0.6) is 0 Å². The van der Waals surface area contributed by atoms with Crippen molar-refractivity contribution in [2.45, 2.75) is 58.0 Å². The average Bonchev–Trinajstić information content (AvgIpc) is 2.51. The molecular weight excluding hydrogens is 361 g/mol. The molecule has 3 atom stereocenters. The molecule has 0 saturated carbocycles. The second kappa shape index (κ2) is 7.64. The first-order chi connectivity index (χ1) is 11.9. The van der Waals surface area contributed by atoms with Crippen LogP contribution >= 0.6 is 0 Å². The maximum atomic E-state index is 13.0. The van der Waals surface area contributed by atoms with Crippen molar-refractivity contribution in [1.82, 2.24) is 9.71 Å². The van der Waals surface area contributed by atoms with Crippen LogP contribution in [-0.4, -0.2) is 20.1 Å². The predicted molar refractivity (Wildman–Crippen MR) is 98.7 cm³/mol. The molecule has 0 amide bonds. The largest absolute Gasteiger partial charge is 0.412 e. The van der Waals surface area contributed by atoms with Gasteiger partial charge in [0, 0.05) is 11.8 Å². The first-order valence-electron chi connectivity index (χ1n) is 8.48. The Morgan fingerprint density at radius 2 is 1.96 bits per heavy atom. The minimum Gasteiger partial charge on any atom is -0.259 e. The maximum Gasteiger partial charge on any atom is 0.412 e. The molecule has 26 heavy (non-hydrogen) atoms. The van der Waals surface area contributed by atoms with Crippen LogP contribution in [0.15, 0.2) is 41.6 Å². The Labute approximate surface area is 155 Å². The third kappa shape index (κ3) is 4.82. The summed E-state index contributed by atoms with van der Waals surface area (Å²) in [5.41, 5.74) is 1.81. The molecule has 0 radical (unpaired) electrons. The fourth-order valence-corrected chi connectivity index (χ4v) is 3.65. The third-order valence-corrected chi connectivity index (χ3v) is 5.90. The summed E-state index contributed by atoms with van der Waals surface area (Å²) in [6.45, 7) is 9.15. The molecule has 1 aliphatic carbocycles. The molecule has 1 heterocycles. The molecule has 1 aromatic heterocycles. The average molecular weight is 386 g/mol. The maximum absolute atomic E-state index is 13.0. The van der Waals surface area contributed by atoms with Crippen LogP contribution in [0, 0.1) is 12.8 Å². The summed E-state index contributed by atoms with van der Waals surface area (Å²) in [5, 5.41) is 0. The summed E-state index contributed by atoms with van der Waals surface area (Å²) < 4.78 is 54.3. The lowest BCUT2D eigenvalue weighted by atomic mass is 9.84. The Morgan fingerprint density at radius 3 is 2.46 bits per heavy atom. The molecule has 0 fully saturated rings. The number of aromatic nitrogens is 1. The van der Waals surface area contributed by atoms with E-state index in [0.29, 0.717) is 5.69 Å². The number of aryl methyl sites for hydroxylation is 1. The van der Waals surface area contributed by atoms with E-state index >= 15 is 0 Å². The minimum atomic E-state index is -4.33. The van der Waals surface area contributed by atoms with Gasteiger partial charge >= 0.3 is 6.18 Å². The monoisotopic (exact) mass is 386 g/mol. The predicted octanol–water partition coefficient (Wildman–Crippen LogP) is 4.94. The SMILES string of the molecule is Cc1cccnc1C(NS(=O)C(C)(C)C)C1=CCC(C(F)(F)F)=CC1C. The quantitative estimate of drug-likeness (QED) is 0.745. The van der Waals surface area contributed by atoms with Gasteiger partial charge in [-0.05, 0) is 57.2 Å². The zero-order valence-corrected chi connectivity index (χ0v) is 16.5. The molecule has 0 spiro atoms. The van der Waals surface area contributed by atoms with Crippen LogP contribution in [0.1, 0.15) is 51.4 Å². The molecule has 1 aromatic rings. The van der Waals surface area contributed by atoms with Crippen LogP contribution < -0.4 is 4.72 Å². The summed E-state index contributed by atoms with van der Waals surface area (Å²) in [5.74, 6) is -0.434. The van der Waals surface area contributed by atoms with E-state index in [2.05, 4.69) is 9.71 Å². The van der Waals surface area contributed by atoms with E-state index in [1.165, 1.54) is 6.08 Å². The van der Waals surface area contributed by atoms with Gasteiger partial charge in [0.25, 0.3) is 0 Å². The van der Waals surface area contributed by atoms with E-state index < -0.39 is 39.4 Å². The zero-order chi connectivity index (χ0) is 19.7. The molecule has 2 rings (SSSR count). The zero-order valence-electron chi connectivity index (χ0n) is 15.6. The molecule has 0 bridgehead atoms. The number of alkyl halides is 3. The standard InChI is InChI=1S/C19H25F3N2OS/c1-12-7-6-10-23-16(12)17(24-26(25)18(3,4)5)15-9-8-14(11-13(15)2)19(20,21)22/h6-7,9-11,13,17,24H,8H2,1-5H3. The van der Waals surface area contributed by atoms with Gasteiger partial charge in [-0.3, -0.25) is 4.98 Å². The van der Waals surface area contributed by atoms with Crippen molar-refractivity contribution in [3.63, 3.8) is 0 Å². The number of nitrogens with one attached hydrogen (secondary N) is 1. The van der Waals surface area contributed by atoms with Gasteiger partial charge in [0.15, 0.2) is 0 Å². The number of halogens is 3. The van der Waals surface area contributed by atoms with E-state index in [4.69, 9.17) is 0 Å². The van der Waals surface area contributed by atoms with Gasteiger partial charge in [-0.25, -0.2) is 8.93 Å². The normalized spacial score (nSPS) is 21.0. The lowest BCUT2D eigenvalue weighted by molar-refractivity contribution is -0.0936. The molecule has 3 nitrogen and oxygen atoms in total. The summed E-state index contributed by atoms with van der Waals surface area (Å²) in [6, 6.07) is 3.19. The smallest absolute Gasteiger partial charge is 0.259 e. The summed E-state index contributed by atoms with van der Waals surface area (Å²) in [6.07, 6.45) is -0.0206. The molecule has 0 aliphatic heterocycles. The van der Waals surface area contributed by atoms with Gasteiger partial charge in [-0.2, -0.15) is 13.2 Å². The van der Waals surface area contributed by atoms with E-state index in [0.717, 1.165) is 11.1 Å². The number of pyridine rings is 1. The fraction of sp³-hybridized carbons (Fsp3) is 0.526. The summed E-state index contributed by atoms with van der Waals surface area (Å²) >= 11 is 0. The van der Waals surface area contributed by atoms with Gasteiger partial charge < -0.3 is 0 Å². The van der Waals surface area contributed by atoms with Gasteiger partial charge in [0.05, 0.1) is 27.5 Å². The highest BCUT2D eigenvalue weighted by Gasteiger charge is 2.37. The number of hydrogen-bond donors (Lipinski definition) is 1. The van der Waals surface area contributed by atoms with Crippen molar-refractivity contribution in [2.75, 3.05) is 0 Å². The van der Waals surface area contributed by atoms with Crippen molar-refractivity contribution in [3.8, 4) is 0 Å². The Bertz CT molecular complexity index is 748. The van der Waals surface area contributed by atoms with Crippen LogP contribution in [0.3, 0.4) is 0 Å². The molecule has 0 saturated heterocycles. The first-order valence-corrected chi connectivity index (χ1v) is 9.63. The van der Waals surface area contributed by atoms with Crippen LogP contribution in [0.2, 0.25) is 0 Å². The van der Waals surface area contributed by atoms with E-state index in [1.54, 1.807) is 25.3 Å². The first kappa shape index (κ1) is 20.8. The highest BCUT2D eigenvalue weighted by Crippen LogP contribution is 2.39. The number of hydrogen-bond acceptors (Lipinski definition) is 2. The van der Waals surface area contributed by atoms with Gasteiger partial charge in [0.1, 0.15) is 0 Å². The molecule has 3 unspecified atom stereocenters. The summed E-state index contributed by atoms with van der Waals surface area (Å²) in [4.78, 5) is 4.41. The van der Waals surface area contributed by atoms with Gasteiger partial charge in [-0.1, -0.05) is 25.1 Å². The van der Waals surface area contributed by atoms with Gasteiger partial charge in [-0.15, -0.1) is 0 Å². The van der Waals surface area contributed by atoms with Crippen LogP contribution in [0.25, 0.3) is 0 Å².